The lowest BCUT2D eigenvalue weighted by molar-refractivity contribution is 0.292. The topological polar surface area (TPSA) is 16.1 Å². The van der Waals surface area contributed by atoms with Crippen molar-refractivity contribution in [2.24, 2.45) is 5.92 Å². The number of fused-ring (bicyclic) bond motifs is 3. The summed E-state index contributed by atoms with van der Waals surface area (Å²) in [5.74, 6) is 0.865. The summed E-state index contributed by atoms with van der Waals surface area (Å²) in [5.41, 5.74) is 3.00. The van der Waals surface area contributed by atoms with Gasteiger partial charge >= 0.3 is 0 Å². The van der Waals surface area contributed by atoms with E-state index in [4.69, 9.17) is 0 Å². The van der Waals surface area contributed by atoms with Crippen molar-refractivity contribution < 1.29 is 0 Å². The van der Waals surface area contributed by atoms with Gasteiger partial charge in [0.2, 0.25) is 0 Å². The molecule has 1 fully saturated rings. The first kappa shape index (κ1) is 12.8. The largest absolute Gasteiger partial charge is 0.299 e. The first-order valence-electron chi connectivity index (χ1n) is 4.99. The van der Waals surface area contributed by atoms with Crippen LogP contribution in [0.25, 0.3) is 0 Å². The van der Waals surface area contributed by atoms with Crippen LogP contribution in [0.15, 0.2) is 18.5 Å². The van der Waals surface area contributed by atoms with Gasteiger partial charge in [-0.1, -0.05) is 0 Å². The van der Waals surface area contributed by atoms with E-state index in [0.29, 0.717) is 6.04 Å². The molecule has 1 aliphatic carbocycles. The van der Waals surface area contributed by atoms with Gasteiger partial charge in [-0.05, 0) is 49.5 Å². The van der Waals surface area contributed by atoms with Crippen molar-refractivity contribution in [3.05, 3.63) is 29.6 Å². The quantitative estimate of drug-likeness (QED) is 0.700. The van der Waals surface area contributed by atoms with Crippen LogP contribution < -0.4 is 0 Å². The van der Waals surface area contributed by atoms with E-state index in [9.17, 15) is 0 Å². The first-order valence-corrected chi connectivity index (χ1v) is 4.99. The van der Waals surface area contributed by atoms with E-state index >= 15 is 0 Å². The molecule has 2 nitrogen and oxygen atoms in total. The summed E-state index contributed by atoms with van der Waals surface area (Å²) in [6, 6.07) is 2.85. The van der Waals surface area contributed by atoms with E-state index in [1.165, 1.54) is 30.5 Å². The van der Waals surface area contributed by atoms with Crippen molar-refractivity contribution in [3.63, 3.8) is 0 Å². The minimum absolute atomic E-state index is 0. The number of halogens is 2. The molecular weight excluding hydrogens is 231 g/mol. The number of rotatable bonds is 0. The Morgan fingerprint density at radius 1 is 1.40 bits per heavy atom. The van der Waals surface area contributed by atoms with E-state index in [1.54, 1.807) is 0 Å². The van der Waals surface area contributed by atoms with Gasteiger partial charge in [-0.25, -0.2) is 0 Å². The molecule has 0 unspecified atom stereocenters. The molecule has 3 rings (SSSR count). The van der Waals surface area contributed by atoms with Crippen molar-refractivity contribution in [2.45, 2.75) is 18.9 Å². The second-order valence-electron chi connectivity index (χ2n) is 4.25. The number of hydrogen-bond acceptors (Lipinski definition) is 2. The Labute approximate surface area is 103 Å². The van der Waals surface area contributed by atoms with Gasteiger partial charge in [0.05, 0.1) is 0 Å². The Morgan fingerprint density at radius 3 is 3.00 bits per heavy atom. The van der Waals surface area contributed by atoms with Gasteiger partial charge in [0.1, 0.15) is 0 Å². The molecule has 0 aromatic carbocycles. The van der Waals surface area contributed by atoms with Crippen molar-refractivity contribution in [3.8, 4) is 0 Å². The van der Waals surface area contributed by atoms with Crippen molar-refractivity contribution in [1.82, 2.24) is 9.88 Å². The van der Waals surface area contributed by atoms with Crippen LogP contribution in [0.3, 0.4) is 0 Å². The van der Waals surface area contributed by atoms with Crippen LogP contribution in [0, 0.1) is 5.92 Å². The summed E-state index contributed by atoms with van der Waals surface area (Å²) in [4.78, 5) is 6.69. The predicted molar refractivity (Wildman–Crippen MR) is 65.9 cm³/mol. The second kappa shape index (κ2) is 4.69. The highest BCUT2D eigenvalue weighted by Gasteiger charge is 2.39. The molecule has 1 aromatic heterocycles. The van der Waals surface area contributed by atoms with Crippen LogP contribution in [0.4, 0.5) is 0 Å². The highest BCUT2D eigenvalue weighted by Crippen LogP contribution is 2.44. The zero-order valence-corrected chi connectivity index (χ0v) is 10.4. The van der Waals surface area contributed by atoms with E-state index in [-0.39, 0.29) is 24.8 Å². The molecule has 15 heavy (non-hydrogen) atoms. The third kappa shape index (κ3) is 1.86. The van der Waals surface area contributed by atoms with Crippen LogP contribution in [-0.4, -0.2) is 23.5 Å². The minimum Gasteiger partial charge on any atom is -0.299 e. The first-order chi connectivity index (χ1) is 6.36. The summed E-state index contributed by atoms with van der Waals surface area (Å²) >= 11 is 0. The van der Waals surface area contributed by atoms with Gasteiger partial charge in [0.15, 0.2) is 0 Å². The maximum absolute atomic E-state index is 4.22. The molecule has 1 saturated heterocycles. The molecule has 0 N–H and O–H groups in total. The summed E-state index contributed by atoms with van der Waals surface area (Å²) < 4.78 is 0. The fourth-order valence-electron chi connectivity index (χ4n) is 2.90. The maximum atomic E-state index is 4.22. The normalized spacial score (nSPS) is 27.5. The lowest BCUT2D eigenvalue weighted by Gasteiger charge is -2.18. The average Bonchev–Trinajstić information content (AvgIpc) is 2.66. The second-order valence-corrected chi connectivity index (χ2v) is 4.25. The van der Waals surface area contributed by atoms with E-state index < -0.39 is 0 Å². The van der Waals surface area contributed by atoms with E-state index in [2.05, 4.69) is 29.2 Å². The Morgan fingerprint density at radius 2 is 2.20 bits per heavy atom. The molecule has 1 aromatic rings. The Balaban J connectivity index is 0.000000562. The van der Waals surface area contributed by atoms with Crippen LogP contribution in [0.5, 0.6) is 0 Å². The number of likely N-dealkylation sites (tertiary alicyclic amines) is 1. The average molecular weight is 247 g/mol. The highest BCUT2D eigenvalue weighted by atomic mass is 35.5. The highest BCUT2D eigenvalue weighted by molar-refractivity contribution is 5.85. The summed E-state index contributed by atoms with van der Waals surface area (Å²) in [7, 11) is 2.23. The van der Waals surface area contributed by atoms with Crippen molar-refractivity contribution >= 4 is 24.8 Å². The van der Waals surface area contributed by atoms with Gasteiger partial charge in [0.25, 0.3) is 0 Å². The minimum atomic E-state index is 0. The van der Waals surface area contributed by atoms with Crippen molar-refractivity contribution in [2.75, 3.05) is 13.6 Å². The van der Waals surface area contributed by atoms with Crippen LogP contribution in [0.1, 0.15) is 23.6 Å². The molecule has 2 atom stereocenters. The molecule has 0 bridgehead atoms. The van der Waals surface area contributed by atoms with Crippen molar-refractivity contribution in [1.29, 1.82) is 0 Å². The summed E-state index contributed by atoms with van der Waals surface area (Å²) in [6.07, 6.45) is 6.60. The van der Waals surface area contributed by atoms with Crippen LogP contribution in [-0.2, 0) is 6.42 Å². The lowest BCUT2D eigenvalue weighted by atomic mass is 10.0. The smallest absolute Gasteiger partial charge is 0.0394 e. The maximum Gasteiger partial charge on any atom is 0.0394 e. The Kier molecular flexibility index (Phi) is 3.99. The summed E-state index contributed by atoms with van der Waals surface area (Å²) in [5, 5.41) is 0. The van der Waals surface area contributed by atoms with Gasteiger partial charge in [-0.2, -0.15) is 0 Å². The molecule has 0 spiro atoms. The third-order valence-corrected chi connectivity index (χ3v) is 3.52. The van der Waals surface area contributed by atoms with Gasteiger partial charge in [0, 0.05) is 18.4 Å². The fraction of sp³-hybridized carbons (Fsp3) is 0.545. The van der Waals surface area contributed by atoms with Gasteiger partial charge in [-0.3, -0.25) is 9.88 Å². The van der Waals surface area contributed by atoms with Crippen LogP contribution >= 0.6 is 24.8 Å². The Hall–Kier alpha value is -0.310. The molecule has 84 valence electrons. The van der Waals surface area contributed by atoms with E-state index in [1.807, 2.05) is 6.20 Å². The number of aromatic nitrogens is 1. The zero-order chi connectivity index (χ0) is 8.84. The number of hydrogen-bond donors (Lipinski definition) is 0. The van der Waals surface area contributed by atoms with Gasteiger partial charge in [-0.15, -0.1) is 24.8 Å². The standard InChI is InChI=1S/C11H14N2.2ClH/c1-13-5-3-9-6-8-2-4-12-7-10(8)11(9)13;;/h2,4,7,9,11H,3,5-6H2,1H3;2*1H/t9-,11-;;/m1../s1. The third-order valence-electron chi connectivity index (χ3n) is 3.52. The molecule has 2 aliphatic rings. The molecule has 0 saturated carbocycles. The van der Waals surface area contributed by atoms with E-state index in [0.717, 1.165) is 5.92 Å². The molecule has 2 heterocycles. The van der Waals surface area contributed by atoms with Crippen LogP contribution in [0.2, 0.25) is 0 Å². The SMILES string of the molecule is CN1CC[C@@H]2Cc3ccncc3[C@@H]21.Cl.Cl. The molecule has 1 aliphatic heterocycles. The monoisotopic (exact) mass is 246 g/mol. The molecule has 4 heteroatoms. The summed E-state index contributed by atoms with van der Waals surface area (Å²) in [6.45, 7) is 1.25. The predicted octanol–water partition coefficient (Wildman–Crippen LogP) is 2.47. The molecule has 0 radical (unpaired) electrons. The van der Waals surface area contributed by atoms with Gasteiger partial charge < -0.3 is 0 Å². The molecular formula is C11H16Cl2N2. The number of pyridine rings is 1. The fourth-order valence-corrected chi connectivity index (χ4v) is 2.90. The molecule has 0 amide bonds. The lowest BCUT2D eigenvalue weighted by Crippen LogP contribution is -2.18. The number of nitrogens with zero attached hydrogens (tertiary/aromatic N) is 2. The Bertz CT molecular complexity index is 343. The zero-order valence-electron chi connectivity index (χ0n) is 8.72.